The number of ketones is 2. The van der Waals surface area contributed by atoms with Crippen LogP contribution in [0.4, 0.5) is 5.69 Å². The fourth-order valence-electron chi connectivity index (χ4n) is 2.37. The van der Waals surface area contributed by atoms with Crippen molar-refractivity contribution in [1.82, 2.24) is 0 Å². The van der Waals surface area contributed by atoms with E-state index in [1.165, 1.54) is 0 Å². The zero-order valence-corrected chi connectivity index (χ0v) is 9.86. The minimum Gasteiger partial charge on any atom is -0.398 e. The van der Waals surface area contributed by atoms with Gasteiger partial charge in [0.15, 0.2) is 11.6 Å². The van der Waals surface area contributed by atoms with Gasteiger partial charge in [-0.1, -0.05) is 24.3 Å². The monoisotopic (exact) mass is 237 g/mol. The molecule has 0 heterocycles. The maximum atomic E-state index is 12.4. The number of nitrogens with two attached hydrogens (primary N) is 1. The van der Waals surface area contributed by atoms with E-state index in [9.17, 15) is 9.59 Å². The number of benzene rings is 2. The molecule has 2 N–H and O–H groups in total. The van der Waals surface area contributed by atoms with Gasteiger partial charge in [0.05, 0.1) is 0 Å². The van der Waals surface area contributed by atoms with E-state index in [1.54, 1.807) is 43.3 Å². The third-order valence-electron chi connectivity index (χ3n) is 3.39. The van der Waals surface area contributed by atoms with Crippen LogP contribution in [0.5, 0.6) is 0 Å². The average molecular weight is 237 g/mol. The molecule has 0 saturated carbocycles. The Morgan fingerprint density at radius 3 is 2.11 bits per heavy atom. The molecule has 0 spiro atoms. The summed E-state index contributed by atoms with van der Waals surface area (Å²) in [4.78, 5) is 24.7. The van der Waals surface area contributed by atoms with Gasteiger partial charge in [-0.25, -0.2) is 0 Å². The molecule has 0 aliphatic heterocycles. The van der Waals surface area contributed by atoms with E-state index in [4.69, 9.17) is 5.73 Å². The zero-order valence-electron chi connectivity index (χ0n) is 9.86. The van der Waals surface area contributed by atoms with Crippen LogP contribution in [0.3, 0.4) is 0 Å². The SMILES string of the molecule is Cc1c(N)ccc2c1C(=O)c1ccccc1C2=O. The molecule has 0 amide bonds. The highest BCUT2D eigenvalue weighted by atomic mass is 16.1. The van der Waals surface area contributed by atoms with E-state index in [-0.39, 0.29) is 11.6 Å². The Labute approximate surface area is 104 Å². The molecular formula is C15H11NO2. The van der Waals surface area contributed by atoms with Gasteiger partial charge in [0.1, 0.15) is 0 Å². The number of fused-ring (bicyclic) bond motifs is 2. The molecule has 88 valence electrons. The second-order valence-electron chi connectivity index (χ2n) is 4.41. The number of nitrogen functional groups attached to an aromatic ring is 1. The summed E-state index contributed by atoms with van der Waals surface area (Å²) < 4.78 is 0. The number of carbonyl (C=O) groups excluding carboxylic acids is 2. The van der Waals surface area contributed by atoms with E-state index < -0.39 is 0 Å². The van der Waals surface area contributed by atoms with Crippen molar-refractivity contribution in [3.05, 3.63) is 64.2 Å². The van der Waals surface area contributed by atoms with Gasteiger partial charge in [-0.3, -0.25) is 9.59 Å². The maximum Gasteiger partial charge on any atom is 0.194 e. The van der Waals surface area contributed by atoms with Crippen molar-refractivity contribution in [2.45, 2.75) is 6.92 Å². The molecule has 1 aliphatic carbocycles. The summed E-state index contributed by atoms with van der Waals surface area (Å²) >= 11 is 0. The molecule has 2 aromatic carbocycles. The highest BCUT2D eigenvalue weighted by Crippen LogP contribution is 2.31. The van der Waals surface area contributed by atoms with E-state index in [0.29, 0.717) is 33.5 Å². The molecule has 3 rings (SSSR count). The Bertz CT molecular complexity index is 702. The molecule has 2 aromatic rings. The van der Waals surface area contributed by atoms with Crippen molar-refractivity contribution in [2.24, 2.45) is 0 Å². The third kappa shape index (κ3) is 1.24. The first-order valence-corrected chi connectivity index (χ1v) is 5.68. The smallest absolute Gasteiger partial charge is 0.194 e. The van der Waals surface area contributed by atoms with Gasteiger partial charge < -0.3 is 5.73 Å². The lowest BCUT2D eigenvalue weighted by atomic mass is 9.82. The topological polar surface area (TPSA) is 60.2 Å². The molecular weight excluding hydrogens is 226 g/mol. The van der Waals surface area contributed by atoms with Crippen molar-refractivity contribution >= 4 is 17.3 Å². The van der Waals surface area contributed by atoms with Crippen LogP contribution in [-0.4, -0.2) is 11.6 Å². The lowest BCUT2D eigenvalue weighted by molar-refractivity contribution is 0.0978. The Morgan fingerprint density at radius 1 is 0.833 bits per heavy atom. The quantitative estimate of drug-likeness (QED) is 0.610. The molecule has 0 fully saturated rings. The van der Waals surface area contributed by atoms with Crippen LogP contribution in [-0.2, 0) is 0 Å². The summed E-state index contributed by atoms with van der Waals surface area (Å²) in [5.41, 5.74) is 8.85. The van der Waals surface area contributed by atoms with Gasteiger partial charge >= 0.3 is 0 Å². The van der Waals surface area contributed by atoms with Crippen molar-refractivity contribution in [1.29, 1.82) is 0 Å². The summed E-state index contributed by atoms with van der Waals surface area (Å²) in [7, 11) is 0. The highest BCUT2D eigenvalue weighted by Gasteiger charge is 2.30. The van der Waals surface area contributed by atoms with E-state index >= 15 is 0 Å². The first-order valence-electron chi connectivity index (χ1n) is 5.68. The van der Waals surface area contributed by atoms with E-state index in [0.717, 1.165) is 0 Å². The number of carbonyl (C=O) groups is 2. The molecule has 0 radical (unpaired) electrons. The minimum absolute atomic E-state index is 0.108. The van der Waals surface area contributed by atoms with Gasteiger partial charge in [0, 0.05) is 27.9 Å². The predicted molar refractivity (Wildman–Crippen MR) is 68.9 cm³/mol. The van der Waals surface area contributed by atoms with Gasteiger partial charge in [-0.2, -0.15) is 0 Å². The molecule has 1 aliphatic rings. The Balaban J connectivity index is 2.38. The Kier molecular flexibility index (Phi) is 2.10. The normalized spacial score (nSPS) is 13.2. The first-order chi connectivity index (χ1) is 8.61. The predicted octanol–water partition coefficient (Wildman–Crippen LogP) is 2.35. The van der Waals surface area contributed by atoms with Crippen molar-refractivity contribution in [2.75, 3.05) is 5.73 Å². The fourth-order valence-corrected chi connectivity index (χ4v) is 2.37. The molecule has 3 nitrogen and oxygen atoms in total. The highest BCUT2D eigenvalue weighted by molar-refractivity contribution is 6.29. The third-order valence-corrected chi connectivity index (χ3v) is 3.39. The van der Waals surface area contributed by atoms with Crippen LogP contribution < -0.4 is 5.73 Å². The molecule has 0 atom stereocenters. The molecule has 0 bridgehead atoms. The summed E-state index contributed by atoms with van der Waals surface area (Å²) in [5, 5.41) is 0. The lowest BCUT2D eigenvalue weighted by Gasteiger charge is -2.19. The maximum absolute atomic E-state index is 12.4. The van der Waals surface area contributed by atoms with Gasteiger partial charge in [-0.15, -0.1) is 0 Å². The number of hydrogen-bond donors (Lipinski definition) is 1. The van der Waals surface area contributed by atoms with Crippen molar-refractivity contribution < 1.29 is 9.59 Å². The van der Waals surface area contributed by atoms with Gasteiger partial charge in [-0.05, 0) is 24.6 Å². The summed E-state index contributed by atoms with van der Waals surface area (Å²) in [6.45, 7) is 1.77. The van der Waals surface area contributed by atoms with Crippen LogP contribution >= 0.6 is 0 Å². The Hall–Kier alpha value is -2.42. The van der Waals surface area contributed by atoms with E-state index in [1.807, 2.05) is 0 Å². The van der Waals surface area contributed by atoms with Crippen LogP contribution in [0.15, 0.2) is 36.4 Å². The zero-order chi connectivity index (χ0) is 12.9. The number of anilines is 1. The summed E-state index contributed by atoms with van der Waals surface area (Å²) in [6, 6.07) is 10.2. The van der Waals surface area contributed by atoms with Crippen LogP contribution in [0.25, 0.3) is 0 Å². The molecule has 3 heteroatoms. The average Bonchev–Trinajstić information content (AvgIpc) is 2.39. The van der Waals surface area contributed by atoms with E-state index in [2.05, 4.69) is 0 Å². The molecule has 0 saturated heterocycles. The first kappa shape index (κ1) is 10.7. The van der Waals surface area contributed by atoms with Gasteiger partial charge in [0.2, 0.25) is 0 Å². The molecule has 0 unspecified atom stereocenters. The molecule has 18 heavy (non-hydrogen) atoms. The Morgan fingerprint density at radius 2 is 1.44 bits per heavy atom. The second kappa shape index (κ2) is 3.53. The van der Waals surface area contributed by atoms with Crippen LogP contribution in [0, 0.1) is 6.92 Å². The van der Waals surface area contributed by atoms with Crippen LogP contribution in [0.1, 0.15) is 37.4 Å². The standard InChI is InChI=1S/C15H11NO2/c1-8-12(16)7-6-11-13(8)15(18)10-5-3-2-4-9(10)14(11)17/h2-7H,16H2,1H3. The van der Waals surface area contributed by atoms with Gasteiger partial charge in [0.25, 0.3) is 0 Å². The second-order valence-corrected chi connectivity index (χ2v) is 4.41. The molecule has 0 aromatic heterocycles. The summed E-state index contributed by atoms with van der Waals surface area (Å²) in [6.07, 6.45) is 0. The van der Waals surface area contributed by atoms with Crippen molar-refractivity contribution in [3.63, 3.8) is 0 Å². The lowest BCUT2D eigenvalue weighted by Crippen LogP contribution is -2.22. The van der Waals surface area contributed by atoms with Crippen molar-refractivity contribution in [3.8, 4) is 0 Å². The largest absolute Gasteiger partial charge is 0.398 e. The van der Waals surface area contributed by atoms with Crippen LogP contribution in [0.2, 0.25) is 0 Å². The fraction of sp³-hybridized carbons (Fsp3) is 0.0667. The number of rotatable bonds is 0. The number of hydrogen-bond acceptors (Lipinski definition) is 3. The minimum atomic E-state index is -0.120. The summed E-state index contributed by atoms with van der Waals surface area (Å²) in [5.74, 6) is -0.228.